The number of aryl methyl sites for hydroxylation is 2. The van der Waals surface area contributed by atoms with Gasteiger partial charge in [0, 0.05) is 6.42 Å². The van der Waals surface area contributed by atoms with E-state index in [0.29, 0.717) is 35.5 Å². The maximum atomic E-state index is 11.3. The Bertz CT molecular complexity index is 747. The fourth-order valence-corrected chi connectivity index (χ4v) is 2.79. The van der Waals surface area contributed by atoms with Crippen molar-refractivity contribution >= 4 is 18.0 Å². The van der Waals surface area contributed by atoms with E-state index in [-0.39, 0.29) is 0 Å². The minimum Gasteiger partial charge on any atom is -0.455 e. The molecule has 6 nitrogen and oxygen atoms in total. The van der Waals surface area contributed by atoms with E-state index >= 15 is 0 Å². The third-order valence-corrected chi connectivity index (χ3v) is 3.85. The summed E-state index contributed by atoms with van der Waals surface area (Å²) in [7, 11) is 0. The van der Waals surface area contributed by atoms with Gasteiger partial charge in [0.25, 0.3) is 0 Å². The van der Waals surface area contributed by atoms with Gasteiger partial charge in [0.1, 0.15) is 11.5 Å². The van der Waals surface area contributed by atoms with E-state index in [1.54, 1.807) is 12.2 Å². The second-order valence-electron chi connectivity index (χ2n) is 5.43. The average Bonchev–Trinajstić information content (AvgIpc) is 3.01. The minimum atomic E-state index is -0.767. The molecule has 0 aliphatic heterocycles. The summed E-state index contributed by atoms with van der Waals surface area (Å²) in [6, 6.07) is 5.17. The summed E-state index contributed by atoms with van der Waals surface area (Å²) < 4.78 is 5.90. The number of nitrogens with zero attached hydrogens (tertiary/aromatic N) is 1. The number of carbonyl (C=O) groups excluding carboxylic acids is 2. The van der Waals surface area contributed by atoms with Gasteiger partial charge in [-0.25, -0.2) is 10.2 Å². The van der Waals surface area contributed by atoms with Gasteiger partial charge in [0.05, 0.1) is 5.57 Å². The molecular formula is C17H17N3O3. The molecule has 0 saturated carbocycles. The SMILES string of the molecule is NC(=O)NN=C1CC=CC(C=O)=C1Oc1ccc2c(c1)CCC2. The summed E-state index contributed by atoms with van der Waals surface area (Å²) in [5.74, 6) is 0.997. The average molecular weight is 311 g/mol. The lowest BCUT2D eigenvalue weighted by Gasteiger charge is -2.16. The first-order valence-corrected chi connectivity index (χ1v) is 7.45. The highest BCUT2D eigenvalue weighted by molar-refractivity contribution is 6.06. The number of urea groups is 1. The molecule has 0 atom stereocenters. The van der Waals surface area contributed by atoms with Crippen LogP contribution in [0.1, 0.15) is 24.0 Å². The van der Waals surface area contributed by atoms with Crippen LogP contribution in [-0.2, 0) is 17.6 Å². The van der Waals surface area contributed by atoms with Crippen molar-refractivity contribution in [1.29, 1.82) is 0 Å². The van der Waals surface area contributed by atoms with Crippen molar-refractivity contribution in [2.24, 2.45) is 10.8 Å². The molecule has 3 N–H and O–H groups in total. The topological polar surface area (TPSA) is 93.8 Å². The summed E-state index contributed by atoms with van der Waals surface area (Å²) in [4.78, 5) is 22.1. The van der Waals surface area contributed by atoms with E-state index in [1.807, 2.05) is 12.1 Å². The third-order valence-electron chi connectivity index (χ3n) is 3.85. The maximum Gasteiger partial charge on any atom is 0.332 e. The van der Waals surface area contributed by atoms with Crippen molar-refractivity contribution in [2.75, 3.05) is 0 Å². The normalized spacial score (nSPS) is 18.0. The van der Waals surface area contributed by atoms with Gasteiger partial charge < -0.3 is 10.5 Å². The fraction of sp³-hybridized carbons (Fsp3) is 0.235. The molecule has 3 rings (SSSR count). The number of rotatable bonds is 4. The summed E-state index contributed by atoms with van der Waals surface area (Å²) in [5.41, 5.74) is 10.7. The summed E-state index contributed by atoms with van der Waals surface area (Å²) >= 11 is 0. The second kappa shape index (κ2) is 6.48. The van der Waals surface area contributed by atoms with Crippen LogP contribution in [0.25, 0.3) is 0 Å². The quantitative estimate of drug-likeness (QED) is 0.657. The predicted molar refractivity (Wildman–Crippen MR) is 86.1 cm³/mol. The van der Waals surface area contributed by atoms with E-state index in [9.17, 15) is 9.59 Å². The summed E-state index contributed by atoms with van der Waals surface area (Å²) in [6.45, 7) is 0. The molecule has 0 bridgehead atoms. The van der Waals surface area contributed by atoms with Crippen LogP contribution in [0.5, 0.6) is 5.75 Å². The van der Waals surface area contributed by atoms with Crippen LogP contribution >= 0.6 is 0 Å². The van der Waals surface area contributed by atoms with Crippen LogP contribution in [0.15, 0.2) is 46.8 Å². The van der Waals surface area contributed by atoms with Crippen LogP contribution in [0, 0.1) is 0 Å². The van der Waals surface area contributed by atoms with Crippen molar-refractivity contribution in [2.45, 2.75) is 25.7 Å². The second-order valence-corrected chi connectivity index (χ2v) is 5.43. The van der Waals surface area contributed by atoms with Crippen molar-refractivity contribution < 1.29 is 14.3 Å². The zero-order valence-corrected chi connectivity index (χ0v) is 12.5. The van der Waals surface area contributed by atoms with Crippen molar-refractivity contribution in [3.05, 3.63) is 52.8 Å². The Morgan fingerprint density at radius 3 is 2.91 bits per heavy atom. The van der Waals surface area contributed by atoms with E-state index in [1.165, 1.54) is 11.1 Å². The van der Waals surface area contributed by atoms with Crippen LogP contribution < -0.4 is 15.9 Å². The molecular weight excluding hydrogens is 294 g/mol. The van der Waals surface area contributed by atoms with Gasteiger partial charge in [-0.3, -0.25) is 4.79 Å². The van der Waals surface area contributed by atoms with Gasteiger partial charge in [0.2, 0.25) is 0 Å². The zero-order valence-electron chi connectivity index (χ0n) is 12.5. The van der Waals surface area contributed by atoms with E-state index in [4.69, 9.17) is 10.5 Å². The first-order chi connectivity index (χ1) is 11.2. The number of nitrogens with one attached hydrogen (secondary N) is 1. The van der Waals surface area contributed by atoms with Gasteiger partial charge in [-0.15, -0.1) is 0 Å². The molecule has 23 heavy (non-hydrogen) atoms. The van der Waals surface area contributed by atoms with E-state index in [2.05, 4.69) is 16.6 Å². The number of allylic oxidation sites excluding steroid dienone is 4. The molecule has 0 unspecified atom stereocenters. The standard InChI is InChI=1S/C17H17N3O3/c18-17(22)20-19-15-6-2-5-13(10-21)16(15)23-14-8-7-11-3-1-4-12(11)9-14/h2,5,7-10H,1,3-4,6H2,(H3,18,20,22). The third kappa shape index (κ3) is 3.31. The van der Waals surface area contributed by atoms with Crippen LogP contribution in [0.2, 0.25) is 0 Å². The van der Waals surface area contributed by atoms with Crippen LogP contribution in [0.4, 0.5) is 4.79 Å². The lowest BCUT2D eigenvalue weighted by atomic mass is 10.0. The van der Waals surface area contributed by atoms with Crippen LogP contribution in [0.3, 0.4) is 0 Å². The maximum absolute atomic E-state index is 11.3. The number of hydrazone groups is 1. The molecule has 1 aromatic carbocycles. The Kier molecular flexibility index (Phi) is 4.23. The number of benzene rings is 1. The lowest BCUT2D eigenvalue weighted by Crippen LogP contribution is -2.27. The van der Waals surface area contributed by atoms with Crippen molar-refractivity contribution in [3.8, 4) is 5.75 Å². The molecule has 0 fully saturated rings. The highest BCUT2D eigenvalue weighted by Crippen LogP contribution is 2.28. The van der Waals surface area contributed by atoms with Gasteiger partial charge in [-0.05, 0) is 42.5 Å². The number of nitrogens with two attached hydrogens (primary N) is 1. The molecule has 0 radical (unpaired) electrons. The van der Waals surface area contributed by atoms with Gasteiger partial charge >= 0.3 is 6.03 Å². The first kappa shape index (κ1) is 15.0. The number of aldehydes is 1. The Balaban J connectivity index is 1.91. The number of hydrogen-bond acceptors (Lipinski definition) is 4. The van der Waals surface area contributed by atoms with E-state index < -0.39 is 6.03 Å². The Labute approximate surface area is 133 Å². The Morgan fingerprint density at radius 1 is 1.30 bits per heavy atom. The molecule has 0 saturated heterocycles. The van der Waals surface area contributed by atoms with Crippen LogP contribution in [-0.4, -0.2) is 18.0 Å². The molecule has 2 amide bonds. The molecule has 2 aliphatic carbocycles. The number of fused-ring (bicyclic) bond motifs is 1. The molecule has 118 valence electrons. The lowest BCUT2D eigenvalue weighted by molar-refractivity contribution is -0.104. The summed E-state index contributed by atoms with van der Waals surface area (Å²) in [5, 5.41) is 3.93. The first-order valence-electron chi connectivity index (χ1n) is 7.45. The fourth-order valence-electron chi connectivity index (χ4n) is 2.79. The minimum absolute atomic E-state index is 0.342. The van der Waals surface area contributed by atoms with Gasteiger partial charge in [-0.1, -0.05) is 18.2 Å². The van der Waals surface area contributed by atoms with Gasteiger partial charge in [-0.2, -0.15) is 5.10 Å². The zero-order chi connectivity index (χ0) is 16.2. The highest BCUT2D eigenvalue weighted by atomic mass is 16.5. The Hall–Kier alpha value is -2.89. The smallest absolute Gasteiger partial charge is 0.332 e. The van der Waals surface area contributed by atoms with Crippen molar-refractivity contribution in [3.63, 3.8) is 0 Å². The molecule has 6 heteroatoms. The predicted octanol–water partition coefficient (Wildman–Crippen LogP) is 1.99. The number of ether oxygens (including phenoxy) is 1. The van der Waals surface area contributed by atoms with E-state index in [0.717, 1.165) is 19.3 Å². The number of hydrogen-bond donors (Lipinski definition) is 2. The number of amides is 2. The molecule has 1 aromatic rings. The molecule has 2 aliphatic rings. The molecule has 0 heterocycles. The largest absolute Gasteiger partial charge is 0.455 e. The summed E-state index contributed by atoms with van der Waals surface area (Å²) in [6.07, 6.45) is 7.89. The number of primary amides is 1. The van der Waals surface area contributed by atoms with Gasteiger partial charge in [0.15, 0.2) is 12.0 Å². The highest BCUT2D eigenvalue weighted by Gasteiger charge is 2.19. The molecule has 0 spiro atoms. The van der Waals surface area contributed by atoms with Crippen molar-refractivity contribution in [1.82, 2.24) is 5.43 Å². The Morgan fingerprint density at radius 2 is 2.13 bits per heavy atom. The monoisotopic (exact) mass is 311 g/mol. The molecule has 0 aromatic heterocycles. The number of carbonyl (C=O) groups is 2.